The Labute approximate surface area is 156 Å². The van der Waals surface area contributed by atoms with E-state index in [-0.39, 0.29) is 18.1 Å². The van der Waals surface area contributed by atoms with Crippen LogP contribution in [-0.4, -0.2) is 39.1 Å². The highest BCUT2D eigenvalue weighted by Gasteiger charge is 2.22. The van der Waals surface area contributed by atoms with Crippen molar-refractivity contribution in [2.24, 2.45) is 0 Å². The lowest BCUT2D eigenvalue weighted by Gasteiger charge is -2.27. The summed E-state index contributed by atoms with van der Waals surface area (Å²) in [5.41, 5.74) is 3.75. The van der Waals surface area contributed by atoms with Crippen molar-refractivity contribution in [1.82, 2.24) is 19.4 Å². The van der Waals surface area contributed by atoms with Crippen LogP contribution in [0.5, 0.6) is 0 Å². The van der Waals surface area contributed by atoms with E-state index < -0.39 is 0 Å². The second-order valence-electron chi connectivity index (χ2n) is 6.91. The zero-order valence-corrected chi connectivity index (χ0v) is 15.5. The van der Waals surface area contributed by atoms with Gasteiger partial charge in [0.25, 0.3) is 5.56 Å². The predicted octanol–water partition coefficient (Wildman–Crippen LogP) is 1.76. The maximum absolute atomic E-state index is 12.3. The van der Waals surface area contributed by atoms with Gasteiger partial charge in [-0.05, 0) is 18.6 Å². The molecule has 0 unspecified atom stereocenters. The molecular weight excluding hydrogens is 344 g/mol. The van der Waals surface area contributed by atoms with Crippen LogP contribution in [0.4, 0.5) is 0 Å². The number of esters is 1. The molecule has 0 radical (unpaired) electrons. The maximum Gasteiger partial charge on any atom is 0.325 e. The molecule has 2 aromatic heterocycles. The minimum atomic E-state index is -0.276. The maximum atomic E-state index is 12.3. The molecule has 0 saturated heterocycles. The fraction of sp³-hybridized carbons (Fsp3) is 0.350. The summed E-state index contributed by atoms with van der Waals surface area (Å²) in [5.74, 6) is 0.389. The molecule has 7 nitrogen and oxygen atoms in total. The van der Waals surface area contributed by atoms with Crippen LogP contribution in [0.1, 0.15) is 22.6 Å². The first kappa shape index (κ1) is 17.5. The van der Waals surface area contributed by atoms with Gasteiger partial charge >= 0.3 is 5.97 Å². The third kappa shape index (κ3) is 3.38. The van der Waals surface area contributed by atoms with Gasteiger partial charge in [-0.25, -0.2) is 4.98 Å². The van der Waals surface area contributed by atoms with E-state index in [0.717, 1.165) is 40.7 Å². The fourth-order valence-corrected chi connectivity index (χ4v) is 3.76. The molecule has 1 aromatic carbocycles. The Balaban J connectivity index is 1.62. The van der Waals surface area contributed by atoms with E-state index in [1.165, 1.54) is 7.11 Å². The minimum absolute atomic E-state index is 0.0460. The molecular formula is C20H22N4O3. The van der Waals surface area contributed by atoms with Crippen LogP contribution >= 0.6 is 0 Å². The Hall–Kier alpha value is -2.93. The lowest BCUT2D eigenvalue weighted by atomic mass is 10.1. The summed E-state index contributed by atoms with van der Waals surface area (Å²) in [5, 5.41) is 1.11. The van der Waals surface area contributed by atoms with Crippen LogP contribution in [0.2, 0.25) is 0 Å². The summed E-state index contributed by atoms with van der Waals surface area (Å²) in [6.45, 7) is 4.13. The van der Waals surface area contributed by atoms with E-state index in [1.54, 1.807) is 0 Å². The summed E-state index contributed by atoms with van der Waals surface area (Å²) in [4.78, 5) is 33.5. The van der Waals surface area contributed by atoms with Gasteiger partial charge in [0.1, 0.15) is 12.4 Å². The normalized spacial score (nSPS) is 14.3. The van der Waals surface area contributed by atoms with Crippen molar-refractivity contribution < 1.29 is 9.53 Å². The van der Waals surface area contributed by atoms with E-state index in [0.29, 0.717) is 18.9 Å². The Morgan fingerprint density at radius 3 is 2.96 bits per heavy atom. The van der Waals surface area contributed by atoms with E-state index in [4.69, 9.17) is 4.74 Å². The molecule has 3 aromatic rings. The van der Waals surface area contributed by atoms with Gasteiger partial charge in [0.05, 0.1) is 18.4 Å². The molecule has 7 heteroatoms. The average Bonchev–Trinajstić information content (AvgIpc) is 2.99. The number of nitrogens with one attached hydrogen (secondary N) is 1. The number of benzene rings is 1. The number of carbonyl (C=O) groups is 1. The molecule has 0 fully saturated rings. The number of carbonyl (C=O) groups excluding carboxylic acids is 1. The minimum Gasteiger partial charge on any atom is -0.468 e. The number of methoxy groups -OCH3 is 1. The number of hydrogen-bond donors (Lipinski definition) is 1. The Bertz CT molecular complexity index is 1070. The zero-order valence-electron chi connectivity index (χ0n) is 15.5. The SMILES string of the molecule is COC(=O)Cn1cc(CN2CCc3nc(C)[nH]c(=O)c3C2)c2ccccc21. The summed E-state index contributed by atoms with van der Waals surface area (Å²) in [7, 11) is 1.40. The highest BCUT2D eigenvalue weighted by Crippen LogP contribution is 2.24. The number of ether oxygens (including phenoxy) is 1. The summed E-state index contributed by atoms with van der Waals surface area (Å²) in [6, 6.07) is 8.03. The monoisotopic (exact) mass is 366 g/mol. The molecule has 3 heterocycles. The highest BCUT2D eigenvalue weighted by atomic mass is 16.5. The number of H-pyrrole nitrogens is 1. The van der Waals surface area contributed by atoms with Gasteiger partial charge in [0.2, 0.25) is 0 Å². The number of rotatable bonds is 4. The molecule has 0 spiro atoms. The van der Waals surface area contributed by atoms with Gasteiger partial charge in [-0.15, -0.1) is 0 Å². The van der Waals surface area contributed by atoms with Gasteiger partial charge < -0.3 is 14.3 Å². The zero-order chi connectivity index (χ0) is 19.0. The van der Waals surface area contributed by atoms with Gasteiger partial charge in [-0.1, -0.05) is 18.2 Å². The first-order valence-electron chi connectivity index (χ1n) is 8.99. The molecule has 1 aliphatic heterocycles. The predicted molar refractivity (Wildman–Crippen MR) is 101 cm³/mol. The van der Waals surface area contributed by atoms with Crippen molar-refractivity contribution in [2.45, 2.75) is 33.0 Å². The van der Waals surface area contributed by atoms with Crippen molar-refractivity contribution in [3.8, 4) is 0 Å². The molecule has 0 saturated carbocycles. The summed E-state index contributed by atoms with van der Waals surface area (Å²) >= 11 is 0. The lowest BCUT2D eigenvalue weighted by Crippen LogP contribution is -2.35. The van der Waals surface area contributed by atoms with Gasteiger partial charge in [-0.3, -0.25) is 14.5 Å². The summed E-state index contributed by atoms with van der Waals surface area (Å²) in [6.07, 6.45) is 2.77. The van der Waals surface area contributed by atoms with Gasteiger partial charge in [-0.2, -0.15) is 0 Å². The average molecular weight is 366 g/mol. The molecule has 1 aliphatic rings. The molecule has 0 atom stereocenters. The van der Waals surface area contributed by atoms with Crippen LogP contribution in [-0.2, 0) is 35.6 Å². The highest BCUT2D eigenvalue weighted by molar-refractivity contribution is 5.85. The van der Waals surface area contributed by atoms with E-state index in [2.05, 4.69) is 20.9 Å². The number of para-hydroxylation sites is 1. The molecule has 0 amide bonds. The second kappa shape index (κ2) is 7.00. The number of hydrogen-bond acceptors (Lipinski definition) is 5. The van der Waals surface area contributed by atoms with Gasteiger partial charge in [0, 0.05) is 43.2 Å². The third-order valence-corrected chi connectivity index (χ3v) is 5.06. The van der Waals surface area contributed by atoms with E-state index in [9.17, 15) is 9.59 Å². The second-order valence-corrected chi connectivity index (χ2v) is 6.91. The fourth-order valence-electron chi connectivity index (χ4n) is 3.76. The Kier molecular flexibility index (Phi) is 4.53. The van der Waals surface area contributed by atoms with Crippen molar-refractivity contribution in [3.05, 3.63) is 63.5 Å². The number of nitrogens with zero attached hydrogens (tertiary/aromatic N) is 3. The van der Waals surface area contributed by atoms with E-state index >= 15 is 0 Å². The van der Waals surface area contributed by atoms with Crippen LogP contribution in [0, 0.1) is 6.92 Å². The van der Waals surface area contributed by atoms with Crippen molar-refractivity contribution in [3.63, 3.8) is 0 Å². The van der Waals surface area contributed by atoms with Crippen LogP contribution in [0.3, 0.4) is 0 Å². The molecule has 0 bridgehead atoms. The van der Waals surface area contributed by atoms with Crippen molar-refractivity contribution in [1.29, 1.82) is 0 Å². The van der Waals surface area contributed by atoms with E-state index in [1.807, 2.05) is 35.9 Å². The van der Waals surface area contributed by atoms with Crippen molar-refractivity contribution >= 4 is 16.9 Å². The topological polar surface area (TPSA) is 80.2 Å². The molecule has 27 heavy (non-hydrogen) atoms. The number of aromatic amines is 1. The molecule has 1 N–H and O–H groups in total. The molecule has 140 valence electrons. The molecule has 0 aliphatic carbocycles. The van der Waals surface area contributed by atoms with Crippen LogP contribution in [0.15, 0.2) is 35.3 Å². The largest absolute Gasteiger partial charge is 0.468 e. The number of aryl methyl sites for hydroxylation is 1. The standard InChI is InChI=1S/C20H22N4O3/c1-13-21-17-7-8-23(11-16(17)20(26)22-13)9-14-10-24(12-19(25)27-2)18-6-4-3-5-15(14)18/h3-6,10H,7-9,11-12H2,1-2H3,(H,21,22,26). The number of fused-ring (bicyclic) bond motifs is 2. The summed E-state index contributed by atoms with van der Waals surface area (Å²) < 4.78 is 6.73. The number of aromatic nitrogens is 3. The smallest absolute Gasteiger partial charge is 0.325 e. The Morgan fingerprint density at radius 1 is 1.33 bits per heavy atom. The van der Waals surface area contributed by atoms with Crippen molar-refractivity contribution in [2.75, 3.05) is 13.7 Å². The lowest BCUT2D eigenvalue weighted by molar-refractivity contribution is -0.141. The molecule has 4 rings (SSSR count). The Morgan fingerprint density at radius 2 is 2.15 bits per heavy atom. The van der Waals surface area contributed by atoms with Crippen LogP contribution in [0.25, 0.3) is 10.9 Å². The van der Waals surface area contributed by atoms with Crippen LogP contribution < -0.4 is 5.56 Å². The first-order chi connectivity index (χ1) is 13.0. The first-order valence-corrected chi connectivity index (χ1v) is 8.99. The third-order valence-electron chi connectivity index (χ3n) is 5.06. The van der Waals surface area contributed by atoms with Gasteiger partial charge in [0.15, 0.2) is 0 Å². The quantitative estimate of drug-likeness (QED) is 0.712.